The van der Waals surface area contributed by atoms with Crippen molar-refractivity contribution < 1.29 is 9.21 Å². The van der Waals surface area contributed by atoms with E-state index >= 15 is 0 Å². The molecule has 0 saturated heterocycles. The summed E-state index contributed by atoms with van der Waals surface area (Å²) in [6.45, 7) is 4.74. The Balaban J connectivity index is 0.00000312. The number of hydrogen-bond acceptors (Lipinski definition) is 4. The fraction of sp³-hybridized carbons (Fsp3) is 0.412. The molecule has 0 aromatic carbocycles. The number of aryl methyl sites for hydroxylation is 1. The molecule has 1 unspecified atom stereocenters. The number of rotatable bonds is 7. The molecule has 1 atom stereocenters. The number of furan rings is 1. The van der Waals surface area contributed by atoms with Gasteiger partial charge in [0, 0.05) is 29.3 Å². The summed E-state index contributed by atoms with van der Waals surface area (Å²) in [5.41, 5.74) is 0. The van der Waals surface area contributed by atoms with Gasteiger partial charge in [0.25, 0.3) is 0 Å². The zero-order valence-electron chi connectivity index (χ0n) is 14.7. The lowest BCUT2D eigenvalue weighted by molar-refractivity contribution is -0.120. The number of amides is 1. The largest absolute Gasteiger partial charge is 0.467 e. The lowest BCUT2D eigenvalue weighted by Gasteiger charge is -2.17. The minimum Gasteiger partial charge on any atom is -0.467 e. The van der Waals surface area contributed by atoms with E-state index in [1.54, 1.807) is 30.7 Å². The van der Waals surface area contributed by atoms with Crippen LogP contribution in [0.5, 0.6) is 0 Å². The summed E-state index contributed by atoms with van der Waals surface area (Å²) < 4.78 is 5.17. The molecule has 0 bridgehead atoms. The second kappa shape index (κ2) is 11.1. The number of aliphatic imine (C=N–C) groups is 1. The highest BCUT2D eigenvalue weighted by Gasteiger charge is 2.09. The van der Waals surface area contributed by atoms with E-state index < -0.39 is 0 Å². The van der Waals surface area contributed by atoms with Gasteiger partial charge in [0.2, 0.25) is 5.91 Å². The SMILES string of the molecule is CN=C(NCC(=O)NCc1ccco1)NC(C)Cc1ccc(C)s1.I. The summed E-state index contributed by atoms with van der Waals surface area (Å²) in [7, 11) is 1.69. The van der Waals surface area contributed by atoms with Crippen LogP contribution in [0.2, 0.25) is 0 Å². The quantitative estimate of drug-likeness (QED) is 0.326. The Morgan fingerprint density at radius 1 is 1.32 bits per heavy atom. The van der Waals surface area contributed by atoms with Gasteiger partial charge in [-0.1, -0.05) is 0 Å². The Labute approximate surface area is 169 Å². The molecular formula is C17H25IN4O2S. The van der Waals surface area contributed by atoms with Crippen molar-refractivity contribution in [2.45, 2.75) is 32.9 Å². The van der Waals surface area contributed by atoms with Crippen LogP contribution in [0.25, 0.3) is 0 Å². The summed E-state index contributed by atoms with van der Waals surface area (Å²) in [6.07, 6.45) is 2.51. The maximum absolute atomic E-state index is 11.8. The third-order valence-electron chi connectivity index (χ3n) is 3.37. The number of halogens is 1. The molecule has 2 aromatic heterocycles. The fourth-order valence-electron chi connectivity index (χ4n) is 2.20. The van der Waals surface area contributed by atoms with Gasteiger partial charge in [-0.2, -0.15) is 0 Å². The molecule has 2 rings (SSSR count). The van der Waals surface area contributed by atoms with Crippen LogP contribution in [0.1, 0.15) is 22.4 Å². The number of hydrogen-bond donors (Lipinski definition) is 3. The summed E-state index contributed by atoms with van der Waals surface area (Å²) in [5.74, 6) is 1.23. The van der Waals surface area contributed by atoms with Crippen LogP contribution < -0.4 is 16.0 Å². The van der Waals surface area contributed by atoms with Gasteiger partial charge in [-0.3, -0.25) is 9.79 Å². The van der Waals surface area contributed by atoms with Crippen LogP contribution in [-0.4, -0.2) is 31.5 Å². The second-order valence-corrected chi connectivity index (χ2v) is 6.92. The second-order valence-electron chi connectivity index (χ2n) is 5.54. The lowest BCUT2D eigenvalue weighted by Crippen LogP contribution is -2.46. The Kier molecular flexibility index (Phi) is 9.58. The molecule has 6 nitrogen and oxygen atoms in total. The first-order chi connectivity index (χ1) is 11.6. The van der Waals surface area contributed by atoms with E-state index in [-0.39, 0.29) is 42.5 Å². The van der Waals surface area contributed by atoms with Crippen molar-refractivity contribution in [2.24, 2.45) is 4.99 Å². The van der Waals surface area contributed by atoms with Crippen molar-refractivity contribution in [1.82, 2.24) is 16.0 Å². The Morgan fingerprint density at radius 2 is 2.12 bits per heavy atom. The van der Waals surface area contributed by atoms with Gasteiger partial charge in [0.05, 0.1) is 19.4 Å². The zero-order chi connectivity index (χ0) is 17.4. The van der Waals surface area contributed by atoms with E-state index in [9.17, 15) is 4.79 Å². The van der Waals surface area contributed by atoms with Crippen molar-refractivity contribution >= 4 is 47.2 Å². The van der Waals surface area contributed by atoms with Crippen LogP contribution >= 0.6 is 35.3 Å². The van der Waals surface area contributed by atoms with Crippen molar-refractivity contribution in [3.8, 4) is 0 Å². The Hall–Kier alpha value is -1.55. The number of thiophene rings is 1. The number of guanidine groups is 1. The van der Waals surface area contributed by atoms with E-state index in [1.165, 1.54) is 9.75 Å². The molecule has 8 heteroatoms. The predicted octanol–water partition coefficient (Wildman–Crippen LogP) is 2.68. The van der Waals surface area contributed by atoms with Gasteiger partial charge in [-0.25, -0.2) is 0 Å². The zero-order valence-corrected chi connectivity index (χ0v) is 17.8. The molecule has 0 aliphatic rings. The molecule has 138 valence electrons. The van der Waals surface area contributed by atoms with Crippen LogP contribution in [0.4, 0.5) is 0 Å². The molecule has 0 fully saturated rings. The van der Waals surface area contributed by atoms with Gasteiger partial charge in [0.1, 0.15) is 5.76 Å². The molecule has 1 amide bonds. The van der Waals surface area contributed by atoms with Crippen molar-refractivity contribution in [3.63, 3.8) is 0 Å². The maximum Gasteiger partial charge on any atom is 0.239 e. The minimum absolute atomic E-state index is 0. The van der Waals surface area contributed by atoms with Crippen molar-refractivity contribution in [3.05, 3.63) is 46.0 Å². The standard InChI is InChI=1S/C17H24N4O2S.HI/c1-12(9-15-7-6-13(2)24-15)21-17(18-3)20-11-16(22)19-10-14-5-4-8-23-14;/h4-8,12H,9-11H2,1-3H3,(H,19,22)(H2,18,20,21);1H. The summed E-state index contributed by atoms with van der Waals surface area (Å²) >= 11 is 1.80. The molecule has 2 aromatic rings. The average molecular weight is 476 g/mol. The van der Waals surface area contributed by atoms with E-state index in [1.807, 2.05) is 6.07 Å². The molecular weight excluding hydrogens is 451 g/mol. The third kappa shape index (κ3) is 7.91. The molecule has 0 aliphatic carbocycles. The first-order valence-electron chi connectivity index (χ1n) is 7.88. The van der Waals surface area contributed by atoms with Gasteiger partial charge < -0.3 is 20.4 Å². The predicted molar refractivity (Wildman–Crippen MR) is 113 cm³/mol. The monoisotopic (exact) mass is 476 g/mol. The van der Waals surface area contributed by atoms with Gasteiger partial charge in [0.15, 0.2) is 5.96 Å². The normalized spacial score (nSPS) is 12.2. The van der Waals surface area contributed by atoms with Gasteiger partial charge >= 0.3 is 0 Å². The molecule has 2 heterocycles. The lowest BCUT2D eigenvalue weighted by atomic mass is 10.2. The van der Waals surface area contributed by atoms with E-state index in [4.69, 9.17) is 4.42 Å². The van der Waals surface area contributed by atoms with E-state index in [2.05, 4.69) is 46.9 Å². The average Bonchev–Trinajstić information content (AvgIpc) is 3.21. The van der Waals surface area contributed by atoms with Crippen LogP contribution in [0, 0.1) is 6.92 Å². The van der Waals surface area contributed by atoms with E-state index in [0.29, 0.717) is 12.5 Å². The van der Waals surface area contributed by atoms with Crippen molar-refractivity contribution in [2.75, 3.05) is 13.6 Å². The van der Waals surface area contributed by atoms with Crippen LogP contribution in [0.3, 0.4) is 0 Å². The number of nitrogens with one attached hydrogen (secondary N) is 3. The topological polar surface area (TPSA) is 78.7 Å². The minimum atomic E-state index is -0.115. The molecule has 0 radical (unpaired) electrons. The molecule has 0 aliphatic heterocycles. The molecule has 0 saturated carbocycles. The van der Waals surface area contributed by atoms with E-state index in [0.717, 1.165) is 12.2 Å². The maximum atomic E-state index is 11.8. The highest BCUT2D eigenvalue weighted by atomic mass is 127. The van der Waals surface area contributed by atoms with Crippen LogP contribution in [0.15, 0.2) is 39.9 Å². The summed E-state index contributed by atoms with van der Waals surface area (Å²) in [4.78, 5) is 18.6. The Morgan fingerprint density at radius 3 is 2.72 bits per heavy atom. The Bertz CT molecular complexity index is 670. The number of carbonyl (C=O) groups is 1. The highest BCUT2D eigenvalue weighted by Crippen LogP contribution is 2.16. The smallest absolute Gasteiger partial charge is 0.239 e. The summed E-state index contributed by atoms with van der Waals surface area (Å²) in [5, 5.41) is 9.10. The highest BCUT2D eigenvalue weighted by molar-refractivity contribution is 14.0. The number of carbonyl (C=O) groups excluding carboxylic acids is 1. The number of nitrogens with zero attached hydrogens (tertiary/aromatic N) is 1. The van der Waals surface area contributed by atoms with Gasteiger partial charge in [-0.15, -0.1) is 35.3 Å². The summed E-state index contributed by atoms with van der Waals surface area (Å²) in [6, 6.07) is 8.12. The fourth-order valence-corrected chi connectivity index (χ4v) is 3.22. The first-order valence-corrected chi connectivity index (χ1v) is 8.70. The first kappa shape index (κ1) is 21.5. The third-order valence-corrected chi connectivity index (χ3v) is 4.39. The molecule has 25 heavy (non-hydrogen) atoms. The van der Waals surface area contributed by atoms with Gasteiger partial charge in [-0.05, 0) is 38.1 Å². The van der Waals surface area contributed by atoms with Crippen molar-refractivity contribution in [1.29, 1.82) is 0 Å². The molecule has 3 N–H and O–H groups in total. The molecule has 0 spiro atoms. The van der Waals surface area contributed by atoms with Crippen LogP contribution in [-0.2, 0) is 17.8 Å².